The minimum Gasteiger partial charge on any atom is -0.497 e. The number of carbonyl (C=O) groups excluding carboxylic acids is 3. The van der Waals surface area contributed by atoms with Gasteiger partial charge in [-0.2, -0.15) is 0 Å². The van der Waals surface area contributed by atoms with Crippen LogP contribution in [0, 0.1) is 0 Å². The number of ketones is 1. The Hall–Kier alpha value is -3.35. The molecule has 7 nitrogen and oxygen atoms in total. The van der Waals surface area contributed by atoms with Crippen LogP contribution in [0.4, 0.5) is 4.79 Å². The van der Waals surface area contributed by atoms with E-state index in [1.807, 2.05) is 6.07 Å². The molecule has 3 rings (SSSR count). The van der Waals surface area contributed by atoms with Crippen LogP contribution in [0.5, 0.6) is 5.75 Å². The Morgan fingerprint density at radius 1 is 0.966 bits per heavy atom. The molecule has 0 spiro atoms. The normalized spacial score (nSPS) is 21.0. The van der Waals surface area contributed by atoms with Gasteiger partial charge in [-0.1, -0.05) is 42.5 Å². The van der Waals surface area contributed by atoms with E-state index in [9.17, 15) is 14.4 Å². The number of esters is 1. The maximum absolute atomic E-state index is 13.5. The number of likely N-dealkylation sites (tertiary alicyclic amines) is 1. The van der Waals surface area contributed by atoms with Gasteiger partial charge in [0, 0.05) is 0 Å². The number of carbonyl (C=O) groups is 3. The van der Waals surface area contributed by atoms with E-state index in [-0.39, 0.29) is 12.4 Å². The highest BCUT2D eigenvalue weighted by Gasteiger charge is 2.55. The van der Waals surface area contributed by atoms with Gasteiger partial charge < -0.3 is 14.2 Å². The van der Waals surface area contributed by atoms with Gasteiger partial charge in [0.25, 0.3) is 0 Å². The summed E-state index contributed by atoms with van der Waals surface area (Å²) in [4.78, 5) is 40.2. The highest BCUT2D eigenvalue weighted by molar-refractivity contribution is 6.03. The van der Waals surface area contributed by atoms with Crippen molar-refractivity contribution >= 4 is 17.8 Å². The van der Waals surface area contributed by atoms with Crippen molar-refractivity contribution in [2.24, 2.45) is 0 Å². The topological polar surface area (TPSA) is 82.1 Å². The SMILES string of the molecule is CCOC(=O)[C@@H]1[C@@H](c2ccc(OC)cc2)C(=O)[C@H](c2ccccc2)N1C(=O)OC. The lowest BCUT2D eigenvalue weighted by Crippen LogP contribution is -2.44. The van der Waals surface area contributed by atoms with Crippen molar-refractivity contribution in [1.82, 2.24) is 4.90 Å². The predicted molar refractivity (Wildman–Crippen MR) is 105 cm³/mol. The second kappa shape index (κ2) is 8.77. The number of nitrogens with zero attached hydrogens (tertiary/aromatic N) is 1. The van der Waals surface area contributed by atoms with Gasteiger partial charge in [0.1, 0.15) is 17.8 Å². The second-order valence-electron chi connectivity index (χ2n) is 6.54. The molecule has 1 heterocycles. The quantitative estimate of drug-likeness (QED) is 0.721. The molecule has 2 aromatic carbocycles. The van der Waals surface area contributed by atoms with Crippen LogP contribution in [0.15, 0.2) is 54.6 Å². The van der Waals surface area contributed by atoms with E-state index >= 15 is 0 Å². The third kappa shape index (κ3) is 3.81. The lowest BCUT2D eigenvalue weighted by molar-refractivity contribution is -0.149. The monoisotopic (exact) mass is 397 g/mol. The summed E-state index contributed by atoms with van der Waals surface area (Å²) in [5.74, 6) is -1.18. The van der Waals surface area contributed by atoms with E-state index in [2.05, 4.69) is 0 Å². The molecule has 0 N–H and O–H groups in total. The van der Waals surface area contributed by atoms with Crippen LogP contribution in [-0.2, 0) is 19.1 Å². The first-order chi connectivity index (χ1) is 14.0. The summed E-state index contributed by atoms with van der Waals surface area (Å²) in [6.07, 6.45) is -0.763. The molecule has 0 bridgehead atoms. The van der Waals surface area contributed by atoms with Crippen LogP contribution in [0.1, 0.15) is 30.0 Å². The Kier molecular flexibility index (Phi) is 6.16. The number of rotatable bonds is 5. The van der Waals surface area contributed by atoms with E-state index in [1.165, 1.54) is 12.0 Å². The van der Waals surface area contributed by atoms with Gasteiger partial charge in [-0.05, 0) is 30.2 Å². The van der Waals surface area contributed by atoms with Crippen LogP contribution in [-0.4, -0.2) is 49.6 Å². The van der Waals surface area contributed by atoms with Gasteiger partial charge in [0.2, 0.25) is 0 Å². The van der Waals surface area contributed by atoms with Gasteiger partial charge >= 0.3 is 12.1 Å². The highest BCUT2D eigenvalue weighted by atomic mass is 16.6. The van der Waals surface area contributed by atoms with Crippen molar-refractivity contribution < 1.29 is 28.6 Å². The average molecular weight is 397 g/mol. The molecular formula is C22H23NO6. The first-order valence-corrected chi connectivity index (χ1v) is 9.29. The molecule has 2 aromatic rings. The molecule has 29 heavy (non-hydrogen) atoms. The molecule has 1 amide bonds. The lowest BCUT2D eigenvalue weighted by Gasteiger charge is -2.27. The largest absolute Gasteiger partial charge is 0.497 e. The first-order valence-electron chi connectivity index (χ1n) is 9.29. The molecule has 1 aliphatic rings. The van der Waals surface area contributed by atoms with E-state index < -0.39 is 30.1 Å². The standard InChI is InChI=1S/C22H23NO6/c1-4-29-21(25)19-17(14-10-12-16(27-2)13-11-14)20(24)18(23(19)22(26)28-3)15-8-6-5-7-9-15/h5-13,17-19H,4H2,1-3H3/t17-,18+,19+/m1/s1. The average Bonchev–Trinajstić information content (AvgIpc) is 3.07. The Balaban J connectivity index is 2.14. The number of methoxy groups -OCH3 is 2. The number of ether oxygens (including phenoxy) is 3. The van der Waals surface area contributed by atoms with Crippen molar-refractivity contribution in [3.8, 4) is 5.75 Å². The zero-order chi connectivity index (χ0) is 21.0. The number of Topliss-reactive ketones (excluding diaryl/α,β-unsaturated/α-hetero) is 1. The molecule has 0 saturated carbocycles. The number of hydrogen-bond donors (Lipinski definition) is 0. The lowest BCUT2D eigenvalue weighted by atomic mass is 9.88. The molecule has 0 unspecified atom stereocenters. The predicted octanol–water partition coefficient (Wildman–Crippen LogP) is 3.10. The smallest absolute Gasteiger partial charge is 0.411 e. The maximum Gasteiger partial charge on any atom is 0.411 e. The van der Waals surface area contributed by atoms with Gasteiger partial charge in [-0.15, -0.1) is 0 Å². The summed E-state index contributed by atoms with van der Waals surface area (Å²) in [6, 6.07) is 13.6. The molecule has 152 valence electrons. The van der Waals surface area contributed by atoms with E-state index in [4.69, 9.17) is 14.2 Å². The molecule has 0 radical (unpaired) electrons. The number of hydrogen-bond acceptors (Lipinski definition) is 6. The first kappa shape index (κ1) is 20.4. The Bertz CT molecular complexity index is 880. The summed E-state index contributed by atoms with van der Waals surface area (Å²) in [7, 11) is 2.76. The number of benzene rings is 2. The minimum absolute atomic E-state index is 0.129. The van der Waals surface area contributed by atoms with E-state index in [0.717, 1.165) is 0 Å². The fourth-order valence-electron chi connectivity index (χ4n) is 3.70. The fourth-order valence-corrected chi connectivity index (χ4v) is 3.70. The molecule has 0 aromatic heterocycles. The third-order valence-corrected chi connectivity index (χ3v) is 4.97. The van der Waals surface area contributed by atoms with Gasteiger partial charge in [0.15, 0.2) is 5.78 Å². The zero-order valence-electron chi connectivity index (χ0n) is 16.5. The Labute approximate surface area is 169 Å². The van der Waals surface area contributed by atoms with Crippen LogP contribution >= 0.6 is 0 Å². The number of amides is 1. The highest BCUT2D eigenvalue weighted by Crippen LogP contribution is 2.43. The summed E-state index contributed by atoms with van der Waals surface area (Å²) < 4.78 is 15.3. The summed E-state index contributed by atoms with van der Waals surface area (Å²) in [5, 5.41) is 0. The summed E-state index contributed by atoms with van der Waals surface area (Å²) in [5.41, 5.74) is 1.20. The fraction of sp³-hybridized carbons (Fsp3) is 0.318. The van der Waals surface area contributed by atoms with Crippen molar-refractivity contribution in [2.45, 2.75) is 24.9 Å². The molecule has 3 atom stereocenters. The minimum atomic E-state index is -1.13. The van der Waals surface area contributed by atoms with Crippen molar-refractivity contribution in [2.75, 3.05) is 20.8 Å². The Morgan fingerprint density at radius 2 is 1.62 bits per heavy atom. The van der Waals surface area contributed by atoms with Gasteiger partial charge in [-0.25, -0.2) is 9.59 Å². The van der Waals surface area contributed by atoms with Gasteiger partial charge in [0.05, 0.1) is 26.7 Å². The van der Waals surface area contributed by atoms with Crippen molar-refractivity contribution in [1.29, 1.82) is 0 Å². The molecule has 1 fully saturated rings. The van der Waals surface area contributed by atoms with Crippen molar-refractivity contribution in [3.63, 3.8) is 0 Å². The maximum atomic E-state index is 13.5. The Morgan fingerprint density at radius 3 is 2.17 bits per heavy atom. The molecule has 1 aliphatic heterocycles. The van der Waals surface area contributed by atoms with Crippen LogP contribution in [0.3, 0.4) is 0 Å². The third-order valence-electron chi connectivity index (χ3n) is 4.97. The van der Waals surface area contributed by atoms with Crippen LogP contribution in [0.25, 0.3) is 0 Å². The second-order valence-corrected chi connectivity index (χ2v) is 6.54. The van der Waals surface area contributed by atoms with E-state index in [0.29, 0.717) is 16.9 Å². The molecule has 7 heteroatoms. The van der Waals surface area contributed by atoms with Gasteiger partial charge in [-0.3, -0.25) is 9.69 Å². The molecular weight excluding hydrogens is 374 g/mol. The molecule has 1 saturated heterocycles. The van der Waals surface area contributed by atoms with Crippen LogP contribution < -0.4 is 4.74 Å². The van der Waals surface area contributed by atoms with E-state index in [1.54, 1.807) is 62.6 Å². The van der Waals surface area contributed by atoms with Crippen LogP contribution in [0.2, 0.25) is 0 Å². The zero-order valence-corrected chi connectivity index (χ0v) is 16.5. The molecule has 0 aliphatic carbocycles. The summed E-state index contributed by atoms with van der Waals surface area (Å²) in [6.45, 7) is 1.80. The summed E-state index contributed by atoms with van der Waals surface area (Å²) >= 11 is 0. The van der Waals surface area contributed by atoms with Crippen molar-refractivity contribution in [3.05, 3.63) is 65.7 Å².